The number of hydrogen-bond donors (Lipinski definition) is 1. The standard InChI is InChI=1S/C16H17Br2NO2/c1-11(19)15-10-13(18)4-7-16(15)21-9-8-20-14-5-2-12(17)3-6-14/h2-7,10-11H,8-9,19H2,1H3/t11-/m1/s1. The quantitative estimate of drug-likeness (QED) is 0.697. The lowest BCUT2D eigenvalue weighted by molar-refractivity contribution is 0.215. The van der Waals surface area contributed by atoms with E-state index in [9.17, 15) is 0 Å². The largest absolute Gasteiger partial charge is 0.490 e. The molecule has 0 heterocycles. The molecule has 2 aromatic carbocycles. The summed E-state index contributed by atoms with van der Waals surface area (Å²) in [7, 11) is 0. The predicted molar refractivity (Wildman–Crippen MR) is 91.9 cm³/mol. The zero-order chi connectivity index (χ0) is 15.2. The van der Waals surface area contributed by atoms with Crippen LogP contribution in [-0.2, 0) is 0 Å². The van der Waals surface area contributed by atoms with Gasteiger partial charge in [0.25, 0.3) is 0 Å². The molecule has 112 valence electrons. The van der Waals surface area contributed by atoms with Crippen molar-refractivity contribution in [3.05, 3.63) is 57.0 Å². The van der Waals surface area contributed by atoms with Crippen molar-refractivity contribution in [1.82, 2.24) is 0 Å². The molecule has 0 saturated heterocycles. The Morgan fingerprint density at radius 3 is 2.24 bits per heavy atom. The highest BCUT2D eigenvalue weighted by Crippen LogP contribution is 2.27. The van der Waals surface area contributed by atoms with Gasteiger partial charge < -0.3 is 15.2 Å². The van der Waals surface area contributed by atoms with Gasteiger partial charge in [0.15, 0.2) is 0 Å². The second-order valence-corrected chi connectivity index (χ2v) is 6.45. The van der Waals surface area contributed by atoms with Gasteiger partial charge in [-0.1, -0.05) is 31.9 Å². The molecule has 0 aliphatic carbocycles. The summed E-state index contributed by atoms with van der Waals surface area (Å²) in [5.41, 5.74) is 6.94. The van der Waals surface area contributed by atoms with Gasteiger partial charge in [-0.15, -0.1) is 0 Å². The van der Waals surface area contributed by atoms with Gasteiger partial charge in [0, 0.05) is 20.6 Å². The highest BCUT2D eigenvalue weighted by atomic mass is 79.9. The molecule has 0 aliphatic rings. The monoisotopic (exact) mass is 413 g/mol. The molecule has 2 aromatic rings. The summed E-state index contributed by atoms with van der Waals surface area (Å²) in [4.78, 5) is 0. The van der Waals surface area contributed by atoms with E-state index in [0.717, 1.165) is 26.0 Å². The van der Waals surface area contributed by atoms with Crippen molar-refractivity contribution in [1.29, 1.82) is 0 Å². The summed E-state index contributed by atoms with van der Waals surface area (Å²) in [5.74, 6) is 1.62. The van der Waals surface area contributed by atoms with E-state index in [1.807, 2.05) is 49.4 Å². The second kappa shape index (κ2) is 7.82. The van der Waals surface area contributed by atoms with Crippen molar-refractivity contribution >= 4 is 31.9 Å². The minimum absolute atomic E-state index is 0.0788. The highest BCUT2D eigenvalue weighted by molar-refractivity contribution is 9.10. The third-order valence-electron chi connectivity index (χ3n) is 2.89. The van der Waals surface area contributed by atoms with Crippen LogP contribution in [0.25, 0.3) is 0 Å². The minimum atomic E-state index is -0.0788. The molecule has 1 atom stereocenters. The fourth-order valence-electron chi connectivity index (χ4n) is 1.85. The molecule has 3 nitrogen and oxygen atoms in total. The van der Waals surface area contributed by atoms with Crippen molar-refractivity contribution < 1.29 is 9.47 Å². The van der Waals surface area contributed by atoms with Crippen LogP contribution in [0.4, 0.5) is 0 Å². The summed E-state index contributed by atoms with van der Waals surface area (Å²) in [6.45, 7) is 2.89. The molecule has 2 rings (SSSR count). The molecule has 0 fully saturated rings. The van der Waals surface area contributed by atoms with Gasteiger partial charge >= 0.3 is 0 Å². The summed E-state index contributed by atoms with van der Waals surface area (Å²) < 4.78 is 13.4. The van der Waals surface area contributed by atoms with Crippen LogP contribution in [0, 0.1) is 0 Å². The number of rotatable bonds is 6. The molecule has 0 unspecified atom stereocenters. The molecule has 0 saturated carbocycles. The minimum Gasteiger partial charge on any atom is -0.490 e. The van der Waals surface area contributed by atoms with Crippen molar-refractivity contribution in [2.75, 3.05) is 13.2 Å². The predicted octanol–water partition coefficient (Wildman–Crippen LogP) is 4.69. The van der Waals surface area contributed by atoms with E-state index in [-0.39, 0.29) is 6.04 Å². The maximum atomic E-state index is 5.96. The zero-order valence-corrected chi connectivity index (χ0v) is 14.9. The van der Waals surface area contributed by atoms with E-state index in [0.29, 0.717) is 13.2 Å². The van der Waals surface area contributed by atoms with Crippen LogP contribution in [0.1, 0.15) is 18.5 Å². The SMILES string of the molecule is C[C@@H](N)c1cc(Br)ccc1OCCOc1ccc(Br)cc1. The number of hydrogen-bond acceptors (Lipinski definition) is 3. The van der Waals surface area contributed by atoms with Crippen molar-refractivity contribution in [2.45, 2.75) is 13.0 Å². The molecule has 0 spiro atoms. The van der Waals surface area contributed by atoms with E-state index in [4.69, 9.17) is 15.2 Å². The lowest BCUT2D eigenvalue weighted by atomic mass is 10.1. The average Bonchev–Trinajstić information content (AvgIpc) is 2.46. The number of ether oxygens (including phenoxy) is 2. The van der Waals surface area contributed by atoms with Crippen LogP contribution < -0.4 is 15.2 Å². The maximum absolute atomic E-state index is 5.96. The first-order valence-electron chi connectivity index (χ1n) is 6.62. The van der Waals surface area contributed by atoms with Crippen molar-refractivity contribution in [3.63, 3.8) is 0 Å². The van der Waals surface area contributed by atoms with Crippen LogP contribution in [0.5, 0.6) is 11.5 Å². The third kappa shape index (κ3) is 5.02. The number of benzene rings is 2. The van der Waals surface area contributed by atoms with E-state index in [2.05, 4.69) is 31.9 Å². The lowest BCUT2D eigenvalue weighted by Crippen LogP contribution is -2.12. The molecule has 0 aromatic heterocycles. The third-order valence-corrected chi connectivity index (χ3v) is 3.91. The van der Waals surface area contributed by atoms with Gasteiger partial charge in [-0.25, -0.2) is 0 Å². The van der Waals surface area contributed by atoms with Gasteiger partial charge in [0.05, 0.1) is 0 Å². The molecule has 2 N–H and O–H groups in total. The Kier molecular flexibility index (Phi) is 6.08. The number of halogens is 2. The summed E-state index contributed by atoms with van der Waals surface area (Å²) in [6, 6.07) is 13.5. The van der Waals surface area contributed by atoms with Crippen LogP contribution in [-0.4, -0.2) is 13.2 Å². The maximum Gasteiger partial charge on any atom is 0.124 e. The summed E-state index contributed by atoms with van der Waals surface area (Å²) in [5, 5.41) is 0. The summed E-state index contributed by atoms with van der Waals surface area (Å²) in [6.07, 6.45) is 0. The van der Waals surface area contributed by atoms with Gasteiger partial charge in [-0.2, -0.15) is 0 Å². The van der Waals surface area contributed by atoms with Crippen LogP contribution >= 0.6 is 31.9 Å². The van der Waals surface area contributed by atoms with Crippen molar-refractivity contribution in [2.24, 2.45) is 5.73 Å². The van der Waals surface area contributed by atoms with Crippen LogP contribution in [0.2, 0.25) is 0 Å². The lowest BCUT2D eigenvalue weighted by Gasteiger charge is -2.15. The molecule has 21 heavy (non-hydrogen) atoms. The first kappa shape index (κ1) is 16.3. The Morgan fingerprint density at radius 2 is 1.57 bits per heavy atom. The normalized spacial score (nSPS) is 12.0. The zero-order valence-electron chi connectivity index (χ0n) is 11.7. The topological polar surface area (TPSA) is 44.5 Å². The molecular weight excluding hydrogens is 398 g/mol. The molecule has 0 bridgehead atoms. The van der Waals surface area contributed by atoms with Gasteiger partial charge in [-0.05, 0) is 49.4 Å². The first-order chi connectivity index (χ1) is 10.1. The Hall–Kier alpha value is -1.04. The number of nitrogens with two attached hydrogens (primary N) is 1. The Labute approximate surface area is 141 Å². The average molecular weight is 415 g/mol. The van der Waals surface area contributed by atoms with Crippen LogP contribution in [0.3, 0.4) is 0 Å². The smallest absolute Gasteiger partial charge is 0.124 e. The second-order valence-electron chi connectivity index (χ2n) is 4.62. The van der Waals surface area contributed by atoms with Crippen LogP contribution in [0.15, 0.2) is 51.4 Å². The molecule has 5 heteroatoms. The molecule has 0 amide bonds. The Balaban J connectivity index is 1.87. The van der Waals surface area contributed by atoms with Gasteiger partial charge in [0.2, 0.25) is 0 Å². The molecule has 0 radical (unpaired) electrons. The van der Waals surface area contributed by atoms with E-state index >= 15 is 0 Å². The Bertz CT molecular complexity index is 585. The fourth-order valence-corrected chi connectivity index (χ4v) is 2.49. The van der Waals surface area contributed by atoms with E-state index in [1.54, 1.807) is 0 Å². The highest BCUT2D eigenvalue weighted by Gasteiger charge is 2.08. The van der Waals surface area contributed by atoms with E-state index in [1.165, 1.54) is 0 Å². The molecule has 0 aliphatic heterocycles. The first-order valence-corrected chi connectivity index (χ1v) is 8.21. The van der Waals surface area contributed by atoms with Gasteiger partial charge in [-0.3, -0.25) is 0 Å². The summed E-state index contributed by atoms with van der Waals surface area (Å²) >= 11 is 6.83. The van der Waals surface area contributed by atoms with Crippen molar-refractivity contribution in [3.8, 4) is 11.5 Å². The Morgan fingerprint density at radius 1 is 0.952 bits per heavy atom. The fraction of sp³-hybridized carbons (Fsp3) is 0.250. The molecular formula is C16H17Br2NO2. The van der Waals surface area contributed by atoms with Gasteiger partial charge in [0.1, 0.15) is 24.7 Å². The van der Waals surface area contributed by atoms with E-state index < -0.39 is 0 Å².